The fraction of sp³-hybridized carbons (Fsp3) is 0.625. The van der Waals surface area contributed by atoms with E-state index in [1.54, 1.807) is 12.1 Å². The highest BCUT2D eigenvalue weighted by Crippen LogP contribution is 2.25. The standard InChI is InChI=1S/C16H23BrFNO/c1-20-16-8-7-13(11-15(16)18)12-19(10-9-17)14-5-3-2-4-6-14/h7-8,11,14H,2-6,9-10,12H2,1H3. The average Bonchev–Trinajstić information content (AvgIpc) is 2.48. The highest BCUT2D eigenvalue weighted by atomic mass is 79.9. The molecule has 0 N–H and O–H groups in total. The molecule has 4 heteroatoms. The highest BCUT2D eigenvalue weighted by molar-refractivity contribution is 9.09. The van der Waals surface area contributed by atoms with Crippen LogP contribution in [0.15, 0.2) is 18.2 Å². The van der Waals surface area contributed by atoms with Crippen molar-refractivity contribution in [3.63, 3.8) is 0 Å². The van der Waals surface area contributed by atoms with Crippen molar-refractivity contribution < 1.29 is 9.13 Å². The summed E-state index contributed by atoms with van der Waals surface area (Å²) in [6.45, 7) is 1.83. The van der Waals surface area contributed by atoms with Crippen LogP contribution < -0.4 is 4.74 Å². The number of alkyl halides is 1. The summed E-state index contributed by atoms with van der Waals surface area (Å²) in [6.07, 6.45) is 6.54. The van der Waals surface area contributed by atoms with Crippen LogP contribution in [0.1, 0.15) is 37.7 Å². The molecule has 1 aromatic rings. The molecule has 0 unspecified atom stereocenters. The normalized spacial score (nSPS) is 16.6. The van der Waals surface area contributed by atoms with Crippen LogP contribution in [0.2, 0.25) is 0 Å². The third kappa shape index (κ3) is 4.19. The number of benzene rings is 1. The van der Waals surface area contributed by atoms with Gasteiger partial charge in [0.25, 0.3) is 0 Å². The van der Waals surface area contributed by atoms with Crippen molar-refractivity contribution in [1.29, 1.82) is 0 Å². The minimum Gasteiger partial charge on any atom is -0.494 e. The lowest BCUT2D eigenvalue weighted by Crippen LogP contribution is -2.37. The summed E-state index contributed by atoms with van der Waals surface area (Å²) < 4.78 is 18.7. The van der Waals surface area contributed by atoms with Crippen LogP contribution >= 0.6 is 15.9 Å². The van der Waals surface area contributed by atoms with Gasteiger partial charge in [0, 0.05) is 24.5 Å². The van der Waals surface area contributed by atoms with E-state index in [-0.39, 0.29) is 5.82 Å². The molecule has 0 bridgehead atoms. The van der Waals surface area contributed by atoms with Gasteiger partial charge >= 0.3 is 0 Å². The summed E-state index contributed by atoms with van der Waals surface area (Å²) in [7, 11) is 1.50. The van der Waals surface area contributed by atoms with Crippen molar-refractivity contribution in [2.24, 2.45) is 0 Å². The zero-order chi connectivity index (χ0) is 14.4. The number of ether oxygens (including phenoxy) is 1. The predicted molar refractivity (Wildman–Crippen MR) is 84.0 cm³/mol. The van der Waals surface area contributed by atoms with E-state index >= 15 is 0 Å². The van der Waals surface area contributed by atoms with Crippen LogP contribution in [0.3, 0.4) is 0 Å². The molecule has 1 aromatic carbocycles. The molecule has 1 aliphatic rings. The van der Waals surface area contributed by atoms with Gasteiger partial charge in [0.15, 0.2) is 11.6 Å². The molecular weight excluding hydrogens is 321 g/mol. The summed E-state index contributed by atoms with van der Waals surface area (Å²) in [5.41, 5.74) is 1.02. The summed E-state index contributed by atoms with van der Waals surface area (Å²) in [5.74, 6) is 0.0471. The number of nitrogens with zero attached hydrogens (tertiary/aromatic N) is 1. The first-order valence-corrected chi connectivity index (χ1v) is 8.49. The molecule has 2 rings (SSSR count). The van der Waals surface area contributed by atoms with Crippen LogP contribution in [0.25, 0.3) is 0 Å². The van der Waals surface area contributed by atoms with E-state index < -0.39 is 0 Å². The summed E-state index contributed by atoms with van der Waals surface area (Å²) in [6, 6.07) is 5.93. The molecule has 0 aromatic heterocycles. The van der Waals surface area contributed by atoms with Gasteiger partial charge in [-0.05, 0) is 30.5 Å². The average molecular weight is 344 g/mol. The Morgan fingerprint density at radius 1 is 1.30 bits per heavy atom. The number of hydrogen-bond acceptors (Lipinski definition) is 2. The molecule has 0 spiro atoms. The second-order valence-corrected chi connectivity index (χ2v) is 6.21. The van der Waals surface area contributed by atoms with Crippen molar-refractivity contribution in [3.8, 4) is 5.75 Å². The van der Waals surface area contributed by atoms with Crippen molar-refractivity contribution in [3.05, 3.63) is 29.6 Å². The summed E-state index contributed by atoms with van der Waals surface area (Å²) in [5, 5.41) is 0.960. The first kappa shape index (κ1) is 15.8. The van der Waals surface area contributed by atoms with Gasteiger partial charge in [-0.1, -0.05) is 41.3 Å². The lowest BCUT2D eigenvalue weighted by molar-refractivity contribution is 0.157. The Labute approximate surface area is 129 Å². The Bertz CT molecular complexity index is 421. The molecule has 112 valence electrons. The Morgan fingerprint density at radius 3 is 2.65 bits per heavy atom. The maximum atomic E-state index is 13.8. The van der Waals surface area contributed by atoms with E-state index in [1.165, 1.54) is 39.2 Å². The quantitative estimate of drug-likeness (QED) is 0.711. The molecule has 0 radical (unpaired) electrons. The Balaban J connectivity index is 2.04. The van der Waals surface area contributed by atoms with Gasteiger partial charge in [0.2, 0.25) is 0 Å². The number of halogens is 2. The predicted octanol–water partition coefficient (Wildman–Crippen LogP) is 4.36. The molecule has 0 aliphatic heterocycles. The molecule has 20 heavy (non-hydrogen) atoms. The van der Waals surface area contributed by atoms with E-state index in [4.69, 9.17) is 4.74 Å². The van der Waals surface area contributed by atoms with Gasteiger partial charge in [-0.2, -0.15) is 0 Å². The zero-order valence-electron chi connectivity index (χ0n) is 12.1. The SMILES string of the molecule is COc1ccc(CN(CCBr)C2CCCCC2)cc1F. The molecule has 2 nitrogen and oxygen atoms in total. The fourth-order valence-electron chi connectivity index (χ4n) is 2.99. The molecule has 0 heterocycles. The van der Waals surface area contributed by atoms with Crippen molar-refractivity contribution in [2.45, 2.75) is 44.7 Å². The number of methoxy groups -OCH3 is 1. The Kier molecular flexibility index (Phi) is 6.30. The van der Waals surface area contributed by atoms with E-state index in [0.717, 1.165) is 24.0 Å². The van der Waals surface area contributed by atoms with Crippen molar-refractivity contribution >= 4 is 15.9 Å². The first-order chi connectivity index (χ1) is 9.74. The van der Waals surface area contributed by atoms with Gasteiger partial charge in [0.05, 0.1) is 7.11 Å². The van der Waals surface area contributed by atoms with Crippen LogP contribution in [0.5, 0.6) is 5.75 Å². The van der Waals surface area contributed by atoms with Gasteiger partial charge in [0.1, 0.15) is 0 Å². The smallest absolute Gasteiger partial charge is 0.165 e. The monoisotopic (exact) mass is 343 g/mol. The maximum absolute atomic E-state index is 13.8. The van der Waals surface area contributed by atoms with E-state index in [1.807, 2.05) is 6.07 Å². The molecule has 0 saturated heterocycles. The van der Waals surface area contributed by atoms with Crippen LogP contribution in [-0.2, 0) is 6.54 Å². The topological polar surface area (TPSA) is 12.5 Å². The van der Waals surface area contributed by atoms with Crippen LogP contribution in [0, 0.1) is 5.82 Å². The molecular formula is C16H23BrFNO. The number of rotatable bonds is 6. The Hall–Kier alpha value is -0.610. The Morgan fingerprint density at radius 2 is 2.05 bits per heavy atom. The van der Waals surface area contributed by atoms with Crippen molar-refractivity contribution in [1.82, 2.24) is 4.90 Å². The van der Waals surface area contributed by atoms with E-state index in [0.29, 0.717) is 11.8 Å². The first-order valence-electron chi connectivity index (χ1n) is 7.37. The third-order valence-corrected chi connectivity index (χ3v) is 4.42. The molecule has 1 saturated carbocycles. The second-order valence-electron chi connectivity index (χ2n) is 5.42. The van der Waals surface area contributed by atoms with Crippen LogP contribution in [0.4, 0.5) is 4.39 Å². The minimum absolute atomic E-state index is 0.271. The van der Waals surface area contributed by atoms with Crippen LogP contribution in [-0.4, -0.2) is 29.9 Å². The molecule has 0 atom stereocenters. The largest absolute Gasteiger partial charge is 0.494 e. The lowest BCUT2D eigenvalue weighted by atomic mass is 9.94. The molecule has 0 amide bonds. The zero-order valence-corrected chi connectivity index (χ0v) is 13.7. The third-order valence-electron chi connectivity index (χ3n) is 4.06. The van der Waals surface area contributed by atoms with Crippen molar-refractivity contribution in [2.75, 3.05) is 19.0 Å². The summed E-state index contributed by atoms with van der Waals surface area (Å²) >= 11 is 3.53. The van der Waals surface area contributed by atoms with Gasteiger partial charge in [-0.3, -0.25) is 4.90 Å². The van der Waals surface area contributed by atoms with Gasteiger partial charge in [-0.15, -0.1) is 0 Å². The minimum atomic E-state index is -0.271. The maximum Gasteiger partial charge on any atom is 0.165 e. The molecule has 1 fully saturated rings. The van der Waals surface area contributed by atoms with E-state index in [9.17, 15) is 4.39 Å². The highest BCUT2D eigenvalue weighted by Gasteiger charge is 2.21. The second kappa shape index (κ2) is 7.99. The summed E-state index contributed by atoms with van der Waals surface area (Å²) in [4.78, 5) is 2.48. The lowest BCUT2D eigenvalue weighted by Gasteiger charge is -2.34. The van der Waals surface area contributed by atoms with Gasteiger partial charge < -0.3 is 4.74 Å². The molecule has 1 aliphatic carbocycles. The number of hydrogen-bond donors (Lipinski definition) is 0. The van der Waals surface area contributed by atoms with E-state index in [2.05, 4.69) is 20.8 Å². The fourth-order valence-corrected chi connectivity index (χ4v) is 3.44. The van der Waals surface area contributed by atoms with Gasteiger partial charge in [-0.25, -0.2) is 4.39 Å².